The lowest BCUT2D eigenvalue weighted by Crippen LogP contribution is -2.32. The molecule has 1 aliphatic rings. The first-order valence-electron chi connectivity index (χ1n) is 12.9. The second kappa shape index (κ2) is 13.1. The van der Waals surface area contributed by atoms with Crippen LogP contribution in [0.15, 0.2) is 47.4 Å². The number of aromatic nitrogens is 2. The Balaban J connectivity index is 1.47. The third-order valence-electron chi connectivity index (χ3n) is 6.35. The number of rotatable bonds is 14. The lowest BCUT2D eigenvalue weighted by atomic mass is 10.1. The van der Waals surface area contributed by atoms with Gasteiger partial charge in [-0.05, 0) is 56.5 Å². The summed E-state index contributed by atoms with van der Waals surface area (Å²) in [5, 5.41) is 12.4. The summed E-state index contributed by atoms with van der Waals surface area (Å²) < 4.78 is 20.7. The van der Waals surface area contributed by atoms with Gasteiger partial charge in [0.15, 0.2) is 0 Å². The topological polar surface area (TPSA) is 119 Å². The average molecular weight is 552 g/mol. The molecular weight excluding hydrogens is 518 g/mol. The number of carbonyl (C=O) groups is 1. The summed E-state index contributed by atoms with van der Waals surface area (Å²) in [5.74, 6) is -0.122. The van der Waals surface area contributed by atoms with Crippen LogP contribution in [0.3, 0.4) is 0 Å². The lowest BCUT2D eigenvalue weighted by molar-refractivity contribution is 0.0136. The van der Waals surface area contributed by atoms with Gasteiger partial charge < -0.3 is 24.1 Å². The van der Waals surface area contributed by atoms with Crippen molar-refractivity contribution in [3.05, 3.63) is 69.6 Å². The number of amides is 1. The van der Waals surface area contributed by atoms with Gasteiger partial charge in [-0.1, -0.05) is 24.1 Å². The second-order valence-corrected chi connectivity index (χ2v) is 10.8. The first-order valence-corrected chi connectivity index (χ1v) is 13.7. The number of fused-ring (bicyclic) bond motifs is 1. The van der Waals surface area contributed by atoms with Crippen LogP contribution in [0, 0.1) is 11.3 Å². The average Bonchev–Trinajstić information content (AvgIpc) is 3.73. The number of nitrogens with zero attached hydrogens (tertiary/aromatic N) is 4. The summed E-state index contributed by atoms with van der Waals surface area (Å²) in [6, 6.07) is 12.3. The predicted octanol–water partition coefficient (Wildman–Crippen LogP) is 3.58. The molecular formula is C28H33N5O5S. The number of nitriles is 1. The fraction of sp³-hybridized carbons (Fsp3) is 0.429. The van der Waals surface area contributed by atoms with Gasteiger partial charge in [-0.3, -0.25) is 9.59 Å². The van der Waals surface area contributed by atoms with Gasteiger partial charge in [0.05, 0.1) is 16.4 Å². The van der Waals surface area contributed by atoms with Crippen LogP contribution in [-0.4, -0.2) is 57.8 Å². The molecule has 1 aliphatic carbocycles. The molecule has 1 saturated carbocycles. The zero-order valence-corrected chi connectivity index (χ0v) is 23.3. The molecule has 39 heavy (non-hydrogen) atoms. The molecule has 0 atom stereocenters. The Morgan fingerprint density at radius 2 is 1.87 bits per heavy atom. The minimum absolute atomic E-state index is 0.0347. The summed E-state index contributed by atoms with van der Waals surface area (Å²) >= 11 is 1.68. The molecule has 2 aromatic heterocycles. The van der Waals surface area contributed by atoms with Gasteiger partial charge in [0.25, 0.3) is 11.5 Å². The summed E-state index contributed by atoms with van der Waals surface area (Å²) in [7, 11) is 1.62. The normalized spacial score (nSPS) is 13.8. The van der Waals surface area contributed by atoms with E-state index >= 15 is 0 Å². The first-order chi connectivity index (χ1) is 18.9. The van der Waals surface area contributed by atoms with E-state index in [0.717, 1.165) is 18.4 Å². The summed E-state index contributed by atoms with van der Waals surface area (Å²) in [5.41, 5.74) is 1.50. The number of benzene rings is 1. The summed E-state index contributed by atoms with van der Waals surface area (Å²) in [6.45, 7) is 6.73. The third kappa shape index (κ3) is 7.16. The Morgan fingerprint density at radius 3 is 2.49 bits per heavy atom. The van der Waals surface area contributed by atoms with Crippen molar-refractivity contribution >= 4 is 28.8 Å². The molecule has 1 amide bonds. The van der Waals surface area contributed by atoms with Gasteiger partial charge in [-0.2, -0.15) is 5.26 Å². The fourth-order valence-electron chi connectivity index (χ4n) is 4.00. The van der Waals surface area contributed by atoms with Crippen molar-refractivity contribution in [2.45, 2.75) is 38.0 Å². The number of hydrogen-bond acceptors (Lipinski definition) is 9. The van der Waals surface area contributed by atoms with Gasteiger partial charge in [0.2, 0.25) is 5.88 Å². The molecule has 0 saturated heterocycles. The molecule has 1 N–H and O–H groups in total. The van der Waals surface area contributed by atoms with Crippen LogP contribution >= 0.6 is 11.9 Å². The van der Waals surface area contributed by atoms with Crippen LogP contribution in [0.1, 0.15) is 48.2 Å². The molecule has 1 aromatic carbocycles. The van der Waals surface area contributed by atoms with Crippen LogP contribution in [0.2, 0.25) is 0 Å². The third-order valence-corrected chi connectivity index (χ3v) is 7.74. The maximum Gasteiger partial charge on any atom is 0.263 e. The number of carbonyl (C=O) groups excluding carboxylic acids is 1. The van der Waals surface area contributed by atoms with Crippen molar-refractivity contribution < 1.29 is 19.0 Å². The molecule has 11 heteroatoms. The molecule has 0 aliphatic heterocycles. The zero-order chi connectivity index (χ0) is 27.8. The Bertz CT molecular complexity index is 1390. The van der Waals surface area contributed by atoms with E-state index < -0.39 is 11.5 Å². The van der Waals surface area contributed by atoms with E-state index in [0.29, 0.717) is 55.6 Å². The van der Waals surface area contributed by atoms with Crippen molar-refractivity contribution in [3.8, 4) is 11.9 Å². The zero-order valence-electron chi connectivity index (χ0n) is 22.4. The molecule has 2 heterocycles. The Kier molecular flexibility index (Phi) is 9.59. The Hall–Kier alpha value is -3.43. The smallest absolute Gasteiger partial charge is 0.263 e. The predicted molar refractivity (Wildman–Crippen MR) is 149 cm³/mol. The molecule has 1 fully saturated rings. The molecule has 0 unspecified atom stereocenters. The number of ether oxygens (including phenoxy) is 3. The highest BCUT2D eigenvalue weighted by Crippen LogP contribution is 2.50. The number of hydrogen-bond donors (Lipinski definition) is 1. The van der Waals surface area contributed by atoms with E-state index in [2.05, 4.69) is 20.7 Å². The number of aryl methyl sites for hydroxylation is 1. The van der Waals surface area contributed by atoms with E-state index in [1.54, 1.807) is 61.6 Å². The van der Waals surface area contributed by atoms with Gasteiger partial charge in [-0.15, -0.1) is 0 Å². The SMILES string of the molecule is CCOCN(COCC)SC1(COc2nccc3cc(C(=O)NCc4ccc(C#N)cc4)c(=O)n(C)c23)CC1. The van der Waals surface area contributed by atoms with Crippen LogP contribution in [-0.2, 0) is 23.1 Å². The largest absolute Gasteiger partial charge is 0.475 e. The van der Waals surface area contributed by atoms with Crippen molar-refractivity contribution in [1.82, 2.24) is 19.2 Å². The standard InChI is InChI=1S/C28H33N5O5S/c1-4-36-18-33(19-37-5-2)39-28(11-12-28)17-38-26-24-22(10-13-30-26)14-23(27(35)32(24)3)25(34)31-16-21-8-6-20(15-29)7-9-21/h6-10,13-14H,4-5,11-12,16-19H2,1-3H3,(H,31,34). The fourth-order valence-corrected chi connectivity index (χ4v) is 5.19. The van der Waals surface area contributed by atoms with Gasteiger partial charge in [0.1, 0.15) is 31.1 Å². The summed E-state index contributed by atoms with van der Waals surface area (Å²) in [6.07, 6.45) is 3.59. The Labute approximate surface area is 232 Å². The van der Waals surface area contributed by atoms with E-state index in [-0.39, 0.29) is 16.9 Å². The van der Waals surface area contributed by atoms with Crippen molar-refractivity contribution in [1.29, 1.82) is 5.26 Å². The highest BCUT2D eigenvalue weighted by molar-refractivity contribution is 7.98. The van der Waals surface area contributed by atoms with Gasteiger partial charge in [-0.25, -0.2) is 9.29 Å². The van der Waals surface area contributed by atoms with E-state index in [1.165, 1.54) is 4.57 Å². The number of pyridine rings is 2. The minimum atomic E-state index is -0.474. The highest BCUT2D eigenvalue weighted by Gasteiger charge is 2.46. The second-order valence-electron chi connectivity index (χ2n) is 9.26. The highest BCUT2D eigenvalue weighted by atomic mass is 32.2. The monoisotopic (exact) mass is 551 g/mol. The van der Waals surface area contributed by atoms with Crippen molar-refractivity contribution in [3.63, 3.8) is 0 Å². The first kappa shape index (κ1) is 28.6. The molecule has 0 radical (unpaired) electrons. The maximum atomic E-state index is 13.2. The van der Waals surface area contributed by atoms with Crippen LogP contribution in [0.5, 0.6) is 5.88 Å². The van der Waals surface area contributed by atoms with Crippen LogP contribution in [0.25, 0.3) is 10.9 Å². The molecule has 3 aromatic rings. The molecule has 0 spiro atoms. The van der Waals surface area contributed by atoms with E-state index in [9.17, 15) is 9.59 Å². The van der Waals surface area contributed by atoms with Gasteiger partial charge in [0, 0.05) is 38.4 Å². The maximum absolute atomic E-state index is 13.2. The molecule has 4 rings (SSSR count). The molecule has 0 bridgehead atoms. The summed E-state index contributed by atoms with van der Waals surface area (Å²) in [4.78, 5) is 30.5. The number of nitrogens with one attached hydrogen (secondary N) is 1. The lowest BCUT2D eigenvalue weighted by Gasteiger charge is -2.25. The molecule has 10 nitrogen and oxygen atoms in total. The molecule has 206 valence electrons. The van der Waals surface area contributed by atoms with Gasteiger partial charge >= 0.3 is 0 Å². The van der Waals surface area contributed by atoms with Crippen LogP contribution in [0.4, 0.5) is 0 Å². The van der Waals surface area contributed by atoms with Crippen molar-refractivity contribution in [2.75, 3.05) is 33.3 Å². The quantitative estimate of drug-likeness (QED) is 0.237. The minimum Gasteiger partial charge on any atom is -0.475 e. The van der Waals surface area contributed by atoms with Crippen molar-refractivity contribution in [2.24, 2.45) is 7.05 Å². The Morgan fingerprint density at radius 1 is 1.18 bits per heavy atom. The van der Waals surface area contributed by atoms with E-state index in [1.807, 2.05) is 13.8 Å². The van der Waals surface area contributed by atoms with E-state index in [4.69, 9.17) is 19.5 Å². The van der Waals surface area contributed by atoms with Crippen LogP contribution < -0.4 is 15.6 Å².